The van der Waals surface area contributed by atoms with E-state index in [2.05, 4.69) is 25.3 Å². The van der Waals surface area contributed by atoms with Gasteiger partial charge in [-0.15, -0.1) is 0 Å². The van der Waals surface area contributed by atoms with E-state index in [9.17, 15) is 0 Å². The largest absolute Gasteiger partial charge is 0.396 e. The number of hydrogen-bond donors (Lipinski definition) is 3. The number of nitrogens with zero attached hydrogens (tertiary/aromatic N) is 3. The Balaban J connectivity index is 1.97. The molecule has 0 aliphatic carbocycles. The summed E-state index contributed by atoms with van der Waals surface area (Å²) in [5, 5.41) is 12.1. The minimum absolute atomic E-state index is 0.216. The van der Waals surface area contributed by atoms with Gasteiger partial charge in [-0.2, -0.15) is 0 Å². The van der Waals surface area contributed by atoms with Gasteiger partial charge in [0, 0.05) is 13.2 Å². The summed E-state index contributed by atoms with van der Waals surface area (Å²) in [5.41, 5.74) is 0.749. The van der Waals surface area contributed by atoms with Crippen molar-refractivity contribution in [2.75, 3.05) is 18.5 Å². The van der Waals surface area contributed by atoms with Gasteiger partial charge in [-0.05, 0) is 12.3 Å². The molecular weight excluding hydrogens is 206 g/mol. The molecule has 2 aliphatic rings. The third-order valence-corrected chi connectivity index (χ3v) is 2.46. The average Bonchev–Trinajstić information content (AvgIpc) is 2.77. The normalized spacial score (nSPS) is 12.9. The van der Waals surface area contributed by atoms with Crippen LogP contribution < -0.4 is 5.32 Å². The Kier molecular flexibility index (Phi) is 3.31. The lowest BCUT2D eigenvalue weighted by Gasteiger charge is -2.11. The third-order valence-electron chi connectivity index (χ3n) is 2.46. The highest BCUT2D eigenvalue weighted by Gasteiger charge is 2.12. The second kappa shape index (κ2) is 4.89. The lowest BCUT2D eigenvalue weighted by molar-refractivity contribution is 0.233. The van der Waals surface area contributed by atoms with Crippen LogP contribution in [0.2, 0.25) is 0 Å². The minimum Gasteiger partial charge on any atom is -0.396 e. The van der Waals surface area contributed by atoms with Crippen molar-refractivity contribution in [3.63, 3.8) is 0 Å². The van der Waals surface area contributed by atoms with Crippen molar-refractivity contribution in [2.24, 2.45) is 5.92 Å². The molecule has 0 fully saturated rings. The van der Waals surface area contributed by atoms with Gasteiger partial charge < -0.3 is 15.4 Å². The molecule has 2 rings (SSSR count). The summed E-state index contributed by atoms with van der Waals surface area (Å²) in [6, 6.07) is 0. The molecule has 0 saturated heterocycles. The molecule has 2 aliphatic heterocycles. The Morgan fingerprint density at radius 3 is 3.12 bits per heavy atom. The summed E-state index contributed by atoms with van der Waals surface area (Å²) in [7, 11) is 0. The van der Waals surface area contributed by atoms with Crippen LogP contribution >= 0.6 is 0 Å². The second-order valence-electron chi connectivity index (χ2n) is 3.83. The standard InChI is InChI=1S/C10H15N5O/c1-7(4-16)2-3-11-9-8-10(13-5-12-8)15-6-14-9/h5-7,16H,2-4H2,1H3,(H2,11,12,13,14,15). The van der Waals surface area contributed by atoms with Crippen LogP contribution in [0.15, 0.2) is 12.7 Å². The van der Waals surface area contributed by atoms with E-state index in [4.69, 9.17) is 5.11 Å². The molecule has 16 heavy (non-hydrogen) atoms. The topological polar surface area (TPSA) is 86.7 Å². The van der Waals surface area contributed by atoms with E-state index in [-0.39, 0.29) is 6.61 Å². The van der Waals surface area contributed by atoms with E-state index < -0.39 is 0 Å². The maximum Gasteiger partial charge on any atom is 0.184 e. The van der Waals surface area contributed by atoms with Gasteiger partial charge in [0.25, 0.3) is 0 Å². The minimum atomic E-state index is 0.216. The predicted molar refractivity (Wildman–Crippen MR) is 60.2 cm³/mol. The van der Waals surface area contributed by atoms with Crippen LogP contribution in [0.25, 0.3) is 11.5 Å². The quantitative estimate of drug-likeness (QED) is 0.693. The fourth-order valence-corrected chi connectivity index (χ4v) is 1.43. The highest BCUT2D eigenvalue weighted by molar-refractivity contribution is 5.65. The number of rotatable bonds is 5. The van der Waals surface area contributed by atoms with Gasteiger partial charge in [-0.1, -0.05) is 6.92 Å². The lowest BCUT2D eigenvalue weighted by Crippen LogP contribution is -2.11. The average molecular weight is 221 g/mol. The molecule has 0 amide bonds. The summed E-state index contributed by atoms with van der Waals surface area (Å²) < 4.78 is 0. The smallest absolute Gasteiger partial charge is 0.184 e. The van der Waals surface area contributed by atoms with Crippen molar-refractivity contribution in [3.8, 4) is 11.5 Å². The Hall–Kier alpha value is -1.69. The van der Waals surface area contributed by atoms with Crippen LogP contribution in [0.1, 0.15) is 13.3 Å². The van der Waals surface area contributed by atoms with Crippen LogP contribution in [0.5, 0.6) is 0 Å². The van der Waals surface area contributed by atoms with Gasteiger partial charge in [-0.3, -0.25) is 0 Å². The fourth-order valence-electron chi connectivity index (χ4n) is 1.43. The van der Waals surface area contributed by atoms with Gasteiger partial charge >= 0.3 is 0 Å². The number of aliphatic hydroxyl groups is 1. The summed E-state index contributed by atoms with van der Waals surface area (Å²) in [4.78, 5) is 15.2. The Bertz CT molecular complexity index is 416. The van der Waals surface area contributed by atoms with Crippen molar-refractivity contribution in [3.05, 3.63) is 12.7 Å². The van der Waals surface area contributed by atoms with Gasteiger partial charge in [0.05, 0.1) is 6.33 Å². The molecule has 0 bridgehead atoms. The Labute approximate surface area is 93.5 Å². The summed E-state index contributed by atoms with van der Waals surface area (Å²) in [6.07, 6.45) is 3.99. The van der Waals surface area contributed by atoms with E-state index in [1.165, 1.54) is 6.33 Å². The van der Waals surface area contributed by atoms with E-state index in [0.29, 0.717) is 11.7 Å². The zero-order valence-electron chi connectivity index (χ0n) is 9.14. The number of aliphatic hydroxyl groups excluding tert-OH is 1. The Morgan fingerprint density at radius 1 is 1.44 bits per heavy atom. The van der Waals surface area contributed by atoms with Crippen LogP contribution in [-0.4, -0.2) is 38.2 Å². The number of imidazole rings is 1. The molecule has 0 aromatic heterocycles. The molecule has 6 heteroatoms. The zero-order chi connectivity index (χ0) is 11.4. The first kappa shape index (κ1) is 10.8. The molecule has 2 heterocycles. The first-order chi connectivity index (χ1) is 7.81. The Morgan fingerprint density at radius 2 is 2.31 bits per heavy atom. The van der Waals surface area contributed by atoms with Gasteiger partial charge in [0.15, 0.2) is 5.82 Å². The first-order valence-electron chi connectivity index (χ1n) is 5.30. The van der Waals surface area contributed by atoms with Crippen LogP contribution in [0, 0.1) is 5.92 Å². The molecule has 0 aromatic rings. The van der Waals surface area contributed by atoms with Gasteiger partial charge in [0.2, 0.25) is 0 Å². The molecule has 0 spiro atoms. The molecule has 6 nitrogen and oxygen atoms in total. The molecule has 86 valence electrons. The van der Waals surface area contributed by atoms with Crippen molar-refractivity contribution < 1.29 is 5.11 Å². The van der Waals surface area contributed by atoms with Crippen LogP contribution in [-0.2, 0) is 0 Å². The molecule has 0 radical (unpaired) electrons. The number of H-pyrrole nitrogens is 1. The number of fused-ring (bicyclic) bond motifs is 1. The van der Waals surface area contributed by atoms with Crippen molar-refractivity contribution in [1.82, 2.24) is 19.9 Å². The highest BCUT2D eigenvalue weighted by Crippen LogP contribution is 2.20. The third kappa shape index (κ3) is 2.27. The second-order valence-corrected chi connectivity index (χ2v) is 3.83. The van der Waals surface area contributed by atoms with Crippen LogP contribution in [0.3, 0.4) is 0 Å². The summed E-state index contributed by atoms with van der Waals surface area (Å²) in [5.74, 6) is 1.76. The number of nitrogens with one attached hydrogen (secondary N) is 2. The van der Waals surface area contributed by atoms with E-state index >= 15 is 0 Å². The number of aromatic amines is 1. The van der Waals surface area contributed by atoms with Crippen molar-refractivity contribution in [1.29, 1.82) is 0 Å². The molecule has 3 N–H and O–H groups in total. The van der Waals surface area contributed by atoms with E-state index in [1.807, 2.05) is 6.92 Å². The SMILES string of the molecule is CC(CO)CCNc1[nH]cnc2ncnc1-2. The van der Waals surface area contributed by atoms with Gasteiger partial charge in [0.1, 0.15) is 17.8 Å². The molecular formula is C10H15N5O. The molecule has 1 unspecified atom stereocenters. The molecule has 0 aromatic carbocycles. The lowest BCUT2D eigenvalue weighted by atomic mass is 10.1. The highest BCUT2D eigenvalue weighted by atomic mass is 16.3. The fraction of sp³-hybridized carbons (Fsp3) is 0.500. The summed E-state index contributed by atoms with van der Waals surface area (Å²) in [6.45, 7) is 3.01. The number of anilines is 1. The first-order valence-corrected chi connectivity index (χ1v) is 5.30. The number of hydrogen-bond acceptors (Lipinski definition) is 5. The van der Waals surface area contributed by atoms with E-state index in [1.54, 1.807) is 6.33 Å². The monoisotopic (exact) mass is 221 g/mol. The van der Waals surface area contributed by atoms with E-state index in [0.717, 1.165) is 24.5 Å². The van der Waals surface area contributed by atoms with Crippen molar-refractivity contribution >= 4 is 5.82 Å². The predicted octanol–water partition coefficient (Wildman–Crippen LogP) is 0.735. The molecule has 1 atom stereocenters. The van der Waals surface area contributed by atoms with Gasteiger partial charge in [-0.25, -0.2) is 15.0 Å². The molecule has 0 saturated carbocycles. The zero-order valence-corrected chi connectivity index (χ0v) is 9.14. The summed E-state index contributed by atoms with van der Waals surface area (Å²) >= 11 is 0. The maximum absolute atomic E-state index is 8.90. The number of aromatic nitrogens is 4. The van der Waals surface area contributed by atoms with Crippen molar-refractivity contribution in [2.45, 2.75) is 13.3 Å². The maximum atomic E-state index is 8.90. The van der Waals surface area contributed by atoms with Crippen LogP contribution in [0.4, 0.5) is 5.82 Å².